The summed E-state index contributed by atoms with van der Waals surface area (Å²) in [6.45, 7) is 3.20. The topological polar surface area (TPSA) is 28.1 Å². The van der Waals surface area contributed by atoms with Crippen LogP contribution in [-0.4, -0.2) is 62.7 Å². The highest BCUT2D eigenvalue weighted by atomic mass is 127. The first-order valence-electron chi connectivity index (χ1n) is 6.47. The van der Waals surface area contributed by atoms with Gasteiger partial charge in [0.25, 0.3) is 0 Å². The summed E-state index contributed by atoms with van der Waals surface area (Å²) in [7, 11) is 8.16. The number of hydrogen-bond donors (Lipinski definition) is 0. The normalized spacial score (nSPS) is 32.9. The summed E-state index contributed by atoms with van der Waals surface area (Å²) in [5.41, 5.74) is 0.250. The fourth-order valence-electron chi connectivity index (χ4n) is 3.12. The molecule has 0 saturated carbocycles. The van der Waals surface area contributed by atoms with Crippen molar-refractivity contribution in [2.45, 2.75) is 38.4 Å². The Bertz CT molecular complexity index is 309. The molecule has 2 rings (SSSR count). The highest BCUT2D eigenvalue weighted by molar-refractivity contribution is 14.0. The van der Waals surface area contributed by atoms with E-state index >= 15 is 0 Å². The molecule has 106 valence electrons. The first kappa shape index (κ1) is 16.0. The molecule has 18 heavy (non-hydrogen) atoms. The number of halogens is 1. The number of ether oxygens (including phenoxy) is 1. The van der Waals surface area contributed by atoms with Crippen molar-refractivity contribution in [3.63, 3.8) is 0 Å². The van der Waals surface area contributed by atoms with Crippen LogP contribution in [0.5, 0.6) is 0 Å². The van der Waals surface area contributed by atoms with Crippen molar-refractivity contribution in [1.82, 2.24) is 9.80 Å². The molecule has 2 bridgehead atoms. The molecular weight excluding hydrogens is 341 g/mol. The molecule has 0 radical (unpaired) electrons. The van der Waals surface area contributed by atoms with E-state index in [1.54, 1.807) is 0 Å². The van der Waals surface area contributed by atoms with E-state index < -0.39 is 0 Å². The molecule has 2 heterocycles. The van der Waals surface area contributed by atoms with Gasteiger partial charge in [-0.05, 0) is 19.3 Å². The summed E-state index contributed by atoms with van der Waals surface area (Å²) in [5, 5.41) is 0. The lowest BCUT2D eigenvalue weighted by molar-refractivity contribution is 0.0704. The molecule has 2 aliphatic heterocycles. The average Bonchev–Trinajstić information content (AvgIpc) is 2.76. The van der Waals surface area contributed by atoms with Gasteiger partial charge in [-0.25, -0.2) is 0 Å². The Hall–Kier alpha value is -0.0400. The van der Waals surface area contributed by atoms with Crippen molar-refractivity contribution in [1.29, 1.82) is 0 Å². The van der Waals surface area contributed by atoms with Crippen LogP contribution in [0.25, 0.3) is 0 Å². The van der Waals surface area contributed by atoms with Crippen molar-refractivity contribution in [2.75, 3.05) is 34.7 Å². The monoisotopic (exact) mass is 367 g/mol. The van der Waals surface area contributed by atoms with Gasteiger partial charge in [-0.2, -0.15) is 0 Å². The Kier molecular flexibility index (Phi) is 5.29. The van der Waals surface area contributed by atoms with Crippen molar-refractivity contribution in [3.05, 3.63) is 0 Å². The van der Waals surface area contributed by atoms with Gasteiger partial charge in [0.1, 0.15) is 0 Å². The fourth-order valence-corrected chi connectivity index (χ4v) is 3.12. The minimum Gasteiger partial charge on any atom is -0.374 e. The van der Waals surface area contributed by atoms with E-state index in [4.69, 9.17) is 9.73 Å². The van der Waals surface area contributed by atoms with Crippen molar-refractivity contribution in [2.24, 2.45) is 10.4 Å². The summed E-state index contributed by atoms with van der Waals surface area (Å²) in [4.78, 5) is 8.92. The van der Waals surface area contributed by atoms with E-state index in [1.165, 1.54) is 19.3 Å². The number of aliphatic imine (C=N–C) groups is 1. The van der Waals surface area contributed by atoms with Gasteiger partial charge < -0.3 is 14.5 Å². The summed E-state index contributed by atoms with van der Waals surface area (Å²) in [6.07, 6.45) is 4.58. The zero-order chi connectivity index (χ0) is 12.6. The van der Waals surface area contributed by atoms with Crippen LogP contribution in [0.1, 0.15) is 26.2 Å². The first-order chi connectivity index (χ1) is 7.92. The van der Waals surface area contributed by atoms with Crippen LogP contribution in [-0.2, 0) is 4.74 Å². The average molecular weight is 367 g/mol. The molecule has 3 unspecified atom stereocenters. The second kappa shape index (κ2) is 5.94. The highest BCUT2D eigenvalue weighted by Crippen LogP contribution is 2.47. The molecule has 0 aliphatic carbocycles. The molecular formula is C13H26IN3O. The zero-order valence-electron chi connectivity index (χ0n) is 12.1. The molecule has 0 spiro atoms. The van der Waals surface area contributed by atoms with Gasteiger partial charge in [0.15, 0.2) is 5.96 Å². The molecule has 0 aromatic heterocycles. The molecule has 2 fully saturated rings. The maximum absolute atomic E-state index is 5.94. The fraction of sp³-hybridized carbons (Fsp3) is 0.923. The Morgan fingerprint density at radius 2 is 1.83 bits per heavy atom. The van der Waals surface area contributed by atoms with Crippen LogP contribution in [0, 0.1) is 5.41 Å². The Morgan fingerprint density at radius 1 is 1.22 bits per heavy atom. The Morgan fingerprint density at radius 3 is 2.22 bits per heavy atom. The SMILES string of the molecule is CN(C)C(=NCC1(C)CC2CCC1O2)N(C)C.I. The van der Waals surface area contributed by atoms with E-state index in [0.29, 0.717) is 12.2 Å². The van der Waals surface area contributed by atoms with Gasteiger partial charge in [0, 0.05) is 33.6 Å². The number of rotatable bonds is 2. The van der Waals surface area contributed by atoms with Gasteiger partial charge in [0.05, 0.1) is 18.8 Å². The predicted octanol–water partition coefficient (Wildman–Crippen LogP) is 2.04. The Labute approximate surface area is 128 Å². The highest BCUT2D eigenvalue weighted by Gasteiger charge is 2.49. The maximum Gasteiger partial charge on any atom is 0.195 e. The molecule has 4 nitrogen and oxygen atoms in total. The van der Waals surface area contributed by atoms with Crippen molar-refractivity contribution < 1.29 is 4.74 Å². The second-order valence-corrected chi connectivity index (χ2v) is 6.09. The minimum absolute atomic E-state index is 0. The molecule has 0 aromatic rings. The van der Waals surface area contributed by atoms with Gasteiger partial charge in [-0.1, -0.05) is 6.92 Å². The largest absolute Gasteiger partial charge is 0.374 e. The molecule has 0 N–H and O–H groups in total. The van der Waals surface area contributed by atoms with Gasteiger partial charge in [0.2, 0.25) is 0 Å². The van der Waals surface area contributed by atoms with Crippen LogP contribution in [0.4, 0.5) is 0 Å². The number of nitrogens with zero attached hydrogens (tertiary/aromatic N) is 3. The zero-order valence-corrected chi connectivity index (χ0v) is 14.5. The van der Waals surface area contributed by atoms with E-state index in [0.717, 1.165) is 12.5 Å². The van der Waals surface area contributed by atoms with Crippen LogP contribution in [0.2, 0.25) is 0 Å². The summed E-state index contributed by atoms with van der Waals surface area (Å²) in [6, 6.07) is 0. The quantitative estimate of drug-likeness (QED) is 0.425. The lowest BCUT2D eigenvalue weighted by Crippen LogP contribution is -2.38. The first-order valence-corrected chi connectivity index (χ1v) is 6.47. The third kappa shape index (κ3) is 3.10. The molecule has 0 amide bonds. The van der Waals surface area contributed by atoms with E-state index in [9.17, 15) is 0 Å². The lowest BCUT2D eigenvalue weighted by atomic mass is 9.76. The van der Waals surface area contributed by atoms with Crippen molar-refractivity contribution in [3.8, 4) is 0 Å². The predicted molar refractivity (Wildman–Crippen MR) is 85.7 cm³/mol. The van der Waals surface area contributed by atoms with Gasteiger partial charge in [-0.3, -0.25) is 4.99 Å². The third-order valence-electron chi connectivity index (χ3n) is 3.96. The minimum atomic E-state index is 0. The smallest absolute Gasteiger partial charge is 0.195 e. The van der Waals surface area contributed by atoms with Crippen LogP contribution in [0.3, 0.4) is 0 Å². The molecule has 0 aromatic carbocycles. The Balaban J connectivity index is 0.00000162. The second-order valence-electron chi connectivity index (χ2n) is 6.09. The number of fused-ring (bicyclic) bond motifs is 2. The number of guanidine groups is 1. The van der Waals surface area contributed by atoms with E-state index in [1.807, 2.05) is 28.2 Å². The summed E-state index contributed by atoms with van der Waals surface area (Å²) < 4.78 is 5.94. The molecule has 3 atom stereocenters. The number of hydrogen-bond acceptors (Lipinski definition) is 2. The van der Waals surface area contributed by atoms with Gasteiger partial charge >= 0.3 is 0 Å². The van der Waals surface area contributed by atoms with Crippen LogP contribution in [0.15, 0.2) is 4.99 Å². The summed E-state index contributed by atoms with van der Waals surface area (Å²) >= 11 is 0. The van der Waals surface area contributed by atoms with E-state index in [-0.39, 0.29) is 29.4 Å². The molecule has 5 heteroatoms. The lowest BCUT2D eigenvalue weighted by Gasteiger charge is -2.31. The summed E-state index contributed by atoms with van der Waals surface area (Å²) in [5.74, 6) is 1.04. The molecule has 2 aliphatic rings. The molecule has 2 saturated heterocycles. The van der Waals surface area contributed by atoms with Crippen LogP contribution >= 0.6 is 24.0 Å². The van der Waals surface area contributed by atoms with Crippen molar-refractivity contribution >= 4 is 29.9 Å². The third-order valence-corrected chi connectivity index (χ3v) is 3.96. The van der Waals surface area contributed by atoms with E-state index in [2.05, 4.69) is 16.7 Å². The van der Waals surface area contributed by atoms with Crippen LogP contribution < -0.4 is 0 Å². The standard InChI is InChI=1S/C13H25N3O.HI/c1-13(8-10-6-7-11(13)17-10)9-14-12(15(2)3)16(4)5;/h10-11H,6-9H2,1-5H3;1H. The maximum atomic E-state index is 5.94. The van der Waals surface area contributed by atoms with Gasteiger partial charge in [-0.15, -0.1) is 24.0 Å².